The zero-order valence-corrected chi connectivity index (χ0v) is 22.7. The molecule has 0 saturated heterocycles. The highest BCUT2D eigenvalue weighted by Crippen LogP contribution is 2.42. The molecule has 2 aliphatic rings. The highest BCUT2D eigenvalue weighted by Gasteiger charge is 2.34. The van der Waals surface area contributed by atoms with Crippen molar-refractivity contribution in [3.05, 3.63) is 47.8 Å². The number of carbonyl (C=O) groups excluding carboxylic acids is 1. The van der Waals surface area contributed by atoms with E-state index in [1.165, 1.54) is 62.8 Å². The van der Waals surface area contributed by atoms with Gasteiger partial charge in [0.25, 0.3) is 0 Å². The fourth-order valence-corrected chi connectivity index (χ4v) is 6.32. The molecule has 2 aromatic rings. The third-order valence-electron chi connectivity index (χ3n) is 8.62. The van der Waals surface area contributed by atoms with Crippen molar-refractivity contribution in [2.75, 3.05) is 6.61 Å². The molecule has 0 atom stereocenters. The van der Waals surface area contributed by atoms with Crippen LogP contribution in [0.15, 0.2) is 30.3 Å². The summed E-state index contributed by atoms with van der Waals surface area (Å²) < 4.78 is 55.0. The normalized spacial score (nSPS) is 23.7. The molecule has 4 rings (SSSR count). The summed E-state index contributed by atoms with van der Waals surface area (Å²) in [4.78, 5) is 12.8. The zero-order chi connectivity index (χ0) is 27.1. The van der Waals surface area contributed by atoms with Crippen molar-refractivity contribution >= 4 is 5.97 Å². The summed E-state index contributed by atoms with van der Waals surface area (Å²) in [7, 11) is 0. The van der Waals surface area contributed by atoms with E-state index in [-0.39, 0.29) is 22.8 Å². The van der Waals surface area contributed by atoms with E-state index in [9.17, 15) is 18.0 Å². The predicted molar refractivity (Wildman–Crippen MR) is 144 cm³/mol. The van der Waals surface area contributed by atoms with Crippen LogP contribution in [-0.2, 0) is 4.79 Å². The molecule has 2 aliphatic carbocycles. The molecule has 6 heteroatoms. The second-order valence-electron chi connectivity index (χ2n) is 11.2. The largest absolute Gasteiger partial charge is 0.491 e. The molecule has 0 N–H and O–H groups in total. The molecule has 0 unspecified atom stereocenters. The first-order chi connectivity index (χ1) is 18.4. The highest BCUT2D eigenvalue weighted by molar-refractivity contribution is 5.76. The number of hydrogen-bond donors (Lipinski definition) is 0. The molecule has 0 amide bonds. The van der Waals surface area contributed by atoms with E-state index in [0.29, 0.717) is 12.5 Å². The summed E-state index contributed by atoms with van der Waals surface area (Å²) >= 11 is 0. The smallest absolute Gasteiger partial charge is 0.314 e. The van der Waals surface area contributed by atoms with Gasteiger partial charge < -0.3 is 9.47 Å². The molecule has 38 heavy (non-hydrogen) atoms. The maximum Gasteiger partial charge on any atom is 0.314 e. The van der Waals surface area contributed by atoms with Crippen molar-refractivity contribution in [1.82, 2.24) is 0 Å². The van der Waals surface area contributed by atoms with Crippen LogP contribution in [0.2, 0.25) is 0 Å². The van der Waals surface area contributed by atoms with Gasteiger partial charge in [0, 0.05) is 5.56 Å². The van der Waals surface area contributed by atoms with Gasteiger partial charge in [-0.1, -0.05) is 52.0 Å². The van der Waals surface area contributed by atoms with Crippen LogP contribution in [0.25, 0.3) is 11.1 Å². The number of unbranched alkanes of at least 4 members (excludes halogenated alkanes) is 1. The van der Waals surface area contributed by atoms with Crippen molar-refractivity contribution < 1.29 is 27.4 Å². The van der Waals surface area contributed by atoms with Gasteiger partial charge in [0.2, 0.25) is 5.82 Å². The molecule has 2 fully saturated rings. The lowest BCUT2D eigenvalue weighted by Crippen LogP contribution is -2.30. The lowest BCUT2D eigenvalue weighted by molar-refractivity contribution is -0.140. The number of ether oxygens (including phenoxy) is 2. The third-order valence-corrected chi connectivity index (χ3v) is 8.62. The van der Waals surface area contributed by atoms with Crippen LogP contribution in [0, 0.1) is 41.1 Å². The van der Waals surface area contributed by atoms with Crippen molar-refractivity contribution in [2.24, 2.45) is 23.7 Å². The summed E-state index contributed by atoms with van der Waals surface area (Å²) in [5, 5.41) is 0. The van der Waals surface area contributed by atoms with Crippen LogP contribution >= 0.6 is 0 Å². The standard InChI is InChI=1S/C32H41F3O3/c1-3-5-19-37-28-17-15-25(20-27(28)33)26-16-18-29(31(35)30(26)34)38-32(36)24-13-11-23(12-14-24)22-9-7-21(6-4-2)8-10-22/h15-18,20-24H,3-14,19H2,1-2H3/t21-,22-,23-,24-. The monoisotopic (exact) mass is 530 g/mol. The van der Waals surface area contributed by atoms with Gasteiger partial charge in [-0.25, -0.2) is 8.78 Å². The van der Waals surface area contributed by atoms with Crippen LogP contribution in [0.5, 0.6) is 11.5 Å². The highest BCUT2D eigenvalue weighted by atomic mass is 19.2. The van der Waals surface area contributed by atoms with E-state index in [0.717, 1.165) is 56.4 Å². The van der Waals surface area contributed by atoms with Crippen LogP contribution in [0.1, 0.15) is 90.9 Å². The lowest BCUT2D eigenvalue weighted by atomic mass is 9.69. The number of hydrogen-bond acceptors (Lipinski definition) is 3. The molecule has 208 valence electrons. The van der Waals surface area contributed by atoms with Crippen molar-refractivity contribution in [3.63, 3.8) is 0 Å². The summed E-state index contributed by atoms with van der Waals surface area (Å²) in [6.45, 7) is 4.65. The topological polar surface area (TPSA) is 35.5 Å². The van der Waals surface area contributed by atoms with Gasteiger partial charge >= 0.3 is 5.97 Å². The van der Waals surface area contributed by atoms with Crippen molar-refractivity contribution in [2.45, 2.75) is 90.9 Å². The summed E-state index contributed by atoms with van der Waals surface area (Å²) in [5.41, 5.74) is 0.0807. The Morgan fingerprint density at radius 1 is 0.816 bits per heavy atom. The Kier molecular flexibility index (Phi) is 10.1. The fourth-order valence-electron chi connectivity index (χ4n) is 6.32. The van der Waals surface area contributed by atoms with E-state index in [4.69, 9.17) is 9.47 Å². The maximum absolute atomic E-state index is 14.9. The second-order valence-corrected chi connectivity index (χ2v) is 11.2. The molecular formula is C32H41F3O3. The SMILES string of the molecule is CCCCOc1ccc(-c2ccc(OC(=O)[C@H]3CC[C@H]([C@H]4CC[C@H](CCC)CC4)CC3)c(F)c2F)cc1F. The molecule has 0 heterocycles. The molecule has 2 aromatic carbocycles. The number of rotatable bonds is 10. The van der Waals surface area contributed by atoms with Gasteiger partial charge in [-0.15, -0.1) is 0 Å². The van der Waals surface area contributed by atoms with Crippen LogP contribution in [0.4, 0.5) is 13.2 Å². The number of esters is 1. The van der Waals surface area contributed by atoms with Gasteiger partial charge in [-0.05, 0) is 92.5 Å². The number of carbonyl (C=O) groups is 1. The molecule has 0 aliphatic heterocycles. The maximum atomic E-state index is 14.9. The van der Waals surface area contributed by atoms with Gasteiger partial charge in [-0.3, -0.25) is 4.79 Å². The average molecular weight is 531 g/mol. The Labute approximate surface area is 225 Å². The van der Waals surface area contributed by atoms with Gasteiger partial charge in [0.15, 0.2) is 23.1 Å². The van der Waals surface area contributed by atoms with E-state index in [2.05, 4.69) is 6.92 Å². The Bertz CT molecular complexity index is 1070. The molecule has 0 bridgehead atoms. The number of benzene rings is 2. The fraction of sp³-hybridized carbons (Fsp3) is 0.594. The summed E-state index contributed by atoms with van der Waals surface area (Å²) in [5.74, 6) is -1.90. The van der Waals surface area contributed by atoms with Crippen molar-refractivity contribution in [3.8, 4) is 22.6 Å². The van der Waals surface area contributed by atoms with Crippen LogP contribution in [0.3, 0.4) is 0 Å². The first-order valence-corrected chi connectivity index (χ1v) is 14.5. The quantitative estimate of drug-likeness (QED) is 0.174. The second kappa shape index (κ2) is 13.5. The van der Waals surface area contributed by atoms with Crippen LogP contribution in [-0.4, -0.2) is 12.6 Å². The van der Waals surface area contributed by atoms with Crippen molar-refractivity contribution in [1.29, 1.82) is 0 Å². The minimum atomic E-state index is -1.24. The molecule has 2 saturated carbocycles. The summed E-state index contributed by atoms with van der Waals surface area (Å²) in [6.07, 6.45) is 13.0. The van der Waals surface area contributed by atoms with Gasteiger partial charge in [0.05, 0.1) is 12.5 Å². The van der Waals surface area contributed by atoms with Gasteiger partial charge in [0.1, 0.15) is 0 Å². The molecule has 0 spiro atoms. The Morgan fingerprint density at radius 2 is 1.47 bits per heavy atom. The minimum absolute atomic E-state index is 0.0764. The molecule has 3 nitrogen and oxygen atoms in total. The number of halogens is 3. The molecule has 0 aromatic heterocycles. The average Bonchev–Trinajstić information content (AvgIpc) is 2.93. The third kappa shape index (κ3) is 6.92. The van der Waals surface area contributed by atoms with E-state index in [1.807, 2.05) is 6.92 Å². The lowest BCUT2D eigenvalue weighted by Gasteiger charge is -2.37. The predicted octanol–water partition coefficient (Wildman–Crippen LogP) is 9.27. The van der Waals surface area contributed by atoms with E-state index in [1.54, 1.807) is 0 Å². The zero-order valence-electron chi connectivity index (χ0n) is 22.7. The van der Waals surface area contributed by atoms with E-state index >= 15 is 0 Å². The van der Waals surface area contributed by atoms with E-state index < -0.39 is 29.2 Å². The Morgan fingerprint density at radius 3 is 2.11 bits per heavy atom. The Hall–Kier alpha value is -2.50. The molecular weight excluding hydrogens is 489 g/mol. The summed E-state index contributed by atoms with van der Waals surface area (Å²) in [6, 6.07) is 6.59. The van der Waals surface area contributed by atoms with Crippen LogP contribution < -0.4 is 9.47 Å². The minimum Gasteiger partial charge on any atom is -0.491 e. The Balaban J connectivity index is 1.33. The first-order valence-electron chi connectivity index (χ1n) is 14.5. The first kappa shape index (κ1) is 28.5. The molecule has 0 radical (unpaired) electrons. The van der Waals surface area contributed by atoms with Gasteiger partial charge in [-0.2, -0.15) is 4.39 Å².